The predicted molar refractivity (Wildman–Crippen MR) is 131 cm³/mol. The van der Waals surface area contributed by atoms with Crippen LogP contribution in [-0.4, -0.2) is 39.9 Å². The van der Waals surface area contributed by atoms with Crippen LogP contribution in [0.4, 0.5) is 0 Å². The van der Waals surface area contributed by atoms with Gasteiger partial charge in [0.1, 0.15) is 24.2 Å². The number of hydrogen-bond donors (Lipinski definition) is 3. The van der Waals surface area contributed by atoms with Crippen molar-refractivity contribution >= 4 is 10.9 Å². The molecule has 172 valence electrons. The molecule has 0 aliphatic carbocycles. The first-order valence-electron chi connectivity index (χ1n) is 11.2. The van der Waals surface area contributed by atoms with Gasteiger partial charge in [-0.15, -0.1) is 0 Å². The van der Waals surface area contributed by atoms with Crippen LogP contribution < -0.4 is 14.8 Å². The van der Waals surface area contributed by atoms with E-state index in [1.54, 1.807) is 6.20 Å². The number of aromatic amines is 1. The lowest BCUT2D eigenvalue weighted by Crippen LogP contribution is -2.46. The normalized spacial score (nSPS) is 12.6. The molecule has 0 radical (unpaired) electrons. The van der Waals surface area contributed by atoms with Crippen molar-refractivity contribution in [2.45, 2.75) is 38.8 Å². The number of aryl methyl sites for hydroxylation is 1. The summed E-state index contributed by atoms with van der Waals surface area (Å²) in [5.74, 6) is 2.11. The van der Waals surface area contributed by atoms with Gasteiger partial charge in [0.2, 0.25) is 5.88 Å². The molecule has 2 heterocycles. The van der Waals surface area contributed by atoms with Crippen LogP contribution >= 0.6 is 0 Å². The molecular weight excluding hydrogens is 414 g/mol. The summed E-state index contributed by atoms with van der Waals surface area (Å²) in [6.07, 6.45) is 3.87. The molecule has 0 spiro atoms. The molecule has 6 nitrogen and oxygen atoms in total. The largest absolute Gasteiger partial charge is 0.490 e. The summed E-state index contributed by atoms with van der Waals surface area (Å²) < 4.78 is 11.7. The zero-order valence-electron chi connectivity index (χ0n) is 19.3. The van der Waals surface area contributed by atoms with E-state index in [4.69, 9.17) is 9.47 Å². The number of pyridine rings is 1. The van der Waals surface area contributed by atoms with Crippen LogP contribution in [0.25, 0.3) is 10.9 Å². The number of aliphatic hydroxyl groups is 1. The fourth-order valence-electron chi connectivity index (χ4n) is 3.70. The molecule has 0 saturated carbocycles. The number of H-pyrrole nitrogens is 1. The van der Waals surface area contributed by atoms with E-state index in [9.17, 15) is 5.11 Å². The quantitative estimate of drug-likeness (QED) is 0.320. The van der Waals surface area contributed by atoms with Gasteiger partial charge < -0.3 is 24.9 Å². The first-order chi connectivity index (χ1) is 15.9. The number of β-amino-alcohol motifs (C(OH)–C–C–N with tert-alkyl or cyclic N) is 1. The average Bonchev–Trinajstić information content (AvgIpc) is 3.29. The van der Waals surface area contributed by atoms with Gasteiger partial charge in [0, 0.05) is 41.4 Å². The molecule has 0 unspecified atom stereocenters. The van der Waals surface area contributed by atoms with Crippen molar-refractivity contribution in [3.8, 4) is 17.4 Å². The molecule has 0 saturated heterocycles. The molecule has 3 N–H and O–H groups in total. The Morgan fingerprint density at radius 2 is 1.88 bits per heavy atom. The van der Waals surface area contributed by atoms with Crippen LogP contribution in [0, 0.1) is 6.92 Å². The zero-order valence-corrected chi connectivity index (χ0v) is 19.3. The van der Waals surface area contributed by atoms with E-state index in [1.807, 2.05) is 61.7 Å². The summed E-state index contributed by atoms with van der Waals surface area (Å²) in [6.45, 7) is 6.92. The molecule has 0 bridgehead atoms. The molecule has 33 heavy (non-hydrogen) atoms. The number of ether oxygens (including phenoxy) is 2. The molecule has 0 amide bonds. The second-order valence-electron chi connectivity index (χ2n) is 9.02. The topological polar surface area (TPSA) is 79.4 Å². The number of aromatic nitrogens is 2. The Morgan fingerprint density at radius 1 is 1.06 bits per heavy atom. The van der Waals surface area contributed by atoms with Gasteiger partial charge in [-0.3, -0.25) is 0 Å². The lowest BCUT2D eigenvalue weighted by molar-refractivity contribution is 0.0996. The van der Waals surface area contributed by atoms with Crippen LogP contribution in [0.2, 0.25) is 0 Å². The number of aliphatic hydroxyl groups excluding tert-OH is 1. The van der Waals surface area contributed by atoms with Crippen LogP contribution in [0.5, 0.6) is 17.4 Å². The van der Waals surface area contributed by atoms with Gasteiger partial charge in [0.25, 0.3) is 0 Å². The Hall–Kier alpha value is -3.35. The fourth-order valence-corrected chi connectivity index (χ4v) is 3.70. The summed E-state index contributed by atoms with van der Waals surface area (Å²) in [7, 11) is 0. The maximum atomic E-state index is 10.4. The van der Waals surface area contributed by atoms with E-state index < -0.39 is 6.10 Å². The van der Waals surface area contributed by atoms with Gasteiger partial charge in [0.15, 0.2) is 0 Å². The van der Waals surface area contributed by atoms with Crippen molar-refractivity contribution in [1.29, 1.82) is 0 Å². The maximum absolute atomic E-state index is 10.4. The van der Waals surface area contributed by atoms with Crippen molar-refractivity contribution in [3.05, 3.63) is 84.2 Å². The van der Waals surface area contributed by atoms with Gasteiger partial charge >= 0.3 is 0 Å². The molecule has 2 aromatic heterocycles. The highest BCUT2D eigenvalue weighted by molar-refractivity contribution is 5.85. The van der Waals surface area contributed by atoms with Crippen molar-refractivity contribution in [2.75, 3.05) is 13.2 Å². The summed E-state index contributed by atoms with van der Waals surface area (Å²) in [6, 6.07) is 19.7. The number of rotatable bonds is 10. The third-order valence-electron chi connectivity index (χ3n) is 5.48. The third kappa shape index (κ3) is 6.34. The minimum absolute atomic E-state index is 0.192. The smallest absolute Gasteiger partial charge is 0.219 e. The molecule has 0 aliphatic heterocycles. The Kier molecular flexibility index (Phi) is 6.96. The second-order valence-corrected chi connectivity index (χ2v) is 9.02. The van der Waals surface area contributed by atoms with Crippen molar-refractivity contribution in [2.24, 2.45) is 0 Å². The summed E-state index contributed by atoms with van der Waals surface area (Å²) >= 11 is 0. The number of nitrogens with one attached hydrogen (secondary N) is 2. The highest BCUT2D eigenvalue weighted by atomic mass is 16.5. The first-order valence-corrected chi connectivity index (χ1v) is 11.2. The highest BCUT2D eigenvalue weighted by Crippen LogP contribution is 2.25. The Bertz CT molecular complexity index is 1170. The van der Waals surface area contributed by atoms with E-state index in [0.29, 0.717) is 12.4 Å². The minimum Gasteiger partial charge on any atom is -0.490 e. The maximum Gasteiger partial charge on any atom is 0.219 e. The van der Waals surface area contributed by atoms with Gasteiger partial charge in [-0.1, -0.05) is 24.3 Å². The molecule has 4 rings (SSSR count). The van der Waals surface area contributed by atoms with Crippen molar-refractivity contribution in [1.82, 2.24) is 15.3 Å². The Labute approximate surface area is 194 Å². The van der Waals surface area contributed by atoms with Crippen LogP contribution in [-0.2, 0) is 6.42 Å². The number of hydrogen-bond acceptors (Lipinski definition) is 5. The van der Waals surface area contributed by atoms with E-state index in [0.717, 1.165) is 34.4 Å². The zero-order chi connectivity index (χ0) is 23.3. The number of nitrogens with zero attached hydrogens (tertiary/aromatic N) is 1. The minimum atomic E-state index is -0.615. The summed E-state index contributed by atoms with van der Waals surface area (Å²) in [4.78, 5) is 7.44. The van der Waals surface area contributed by atoms with E-state index in [1.165, 1.54) is 5.56 Å². The van der Waals surface area contributed by atoms with E-state index in [-0.39, 0.29) is 12.1 Å². The summed E-state index contributed by atoms with van der Waals surface area (Å²) in [5.41, 5.74) is 3.11. The van der Waals surface area contributed by atoms with E-state index >= 15 is 0 Å². The Balaban J connectivity index is 1.25. The monoisotopic (exact) mass is 445 g/mol. The SMILES string of the molecule is Cc1ccc(Oc2ccc(CC(C)(C)NC[C@H](O)COc3cccc4[nH]ccc34)cc2)nc1. The van der Waals surface area contributed by atoms with Gasteiger partial charge in [-0.25, -0.2) is 4.98 Å². The van der Waals surface area contributed by atoms with Crippen molar-refractivity contribution in [3.63, 3.8) is 0 Å². The van der Waals surface area contributed by atoms with Crippen LogP contribution in [0.15, 0.2) is 73.1 Å². The lowest BCUT2D eigenvalue weighted by atomic mass is 9.94. The van der Waals surface area contributed by atoms with E-state index in [2.05, 4.69) is 41.3 Å². The lowest BCUT2D eigenvalue weighted by Gasteiger charge is -2.28. The van der Waals surface area contributed by atoms with Gasteiger partial charge in [0.05, 0.1) is 0 Å². The third-order valence-corrected chi connectivity index (χ3v) is 5.48. The molecule has 2 aromatic carbocycles. The molecule has 4 aromatic rings. The number of benzene rings is 2. The number of fused-ring (bicyclic) bond motifs is 1. The van der Waals surface area contributed by atoms with Gasteiger partial charge in [-0.2, -0.15) is 0 Å². The Morgan fingerprint density at radius 3 is 2.64 bits per heavy atom. The molecule has 6 heteroatoms. The standard InChI is InChI=1S/C27H31N3O3/c1-19-7-12-26(29-16-19)33-22-10-8-20(9-11-22)15-27(2,3)30-17-21(31)18-32-25-6-4-5-24-23(25)13-14-28-24/h4-14,16,21,28,30-31H,15,17-18H2,1-3H3/t21-/m0/s1. The summed E-state index contributed by atoms with van der Waals surface area (Å²) in [5, 5.41) is 14.9. The molecule has 0 fully saturated rings. The highest BCUT2D eigenvalue weighted by Gasteiger charge is 2.20. The van der Waals surface area contributed by atoms with Gasteiger partial charge in [-0.05, 0) is 68.7 Å². The van der Waals surface area contributed by atoms with Crippen LogP contribution in [0.3, 0.4) is 0 Å². The van der Waals surface area contributed by atoms with Crippen molar-refractivity contribution < 1.29 is 14.6 Å². The molecular formula is C27H31N3O3. The fraction of sp³-hybridized carbons (Fsp3) is 0.296. The predicted octanol–water partition coefficient (Wildman–Crippen LogP) is 5.01. The van der Waals surface area contributed by atoms with Crippen LogP contribution in [0.1, 0.15) is 25.0 Å². The second kappa shape index (κ2) is 10.1. The molecule has 1 atom stereocenters. The average molecular weight is 446 g/mol. The first kappa shape index (κ1) is 22.8. The molecule has 0 aliphatic rings.